The molecule has 1 atom stereocenters. The highest BCUT2D eigenvalue weighted by Crippen LogP contribution is 2.23. The number of nitrogens with zero attached hydrogens (tertiary/aromatic N) is 1. The molecular formula is C13H22IN3OS. The van der Waals surface area contributed by atoms with E-state index in [4.69, 9.17) is 0 Å². The second-order valence-electron chi connectivity index (χ2n) is 4.15. The van der Waals surface area contributed by atoms with Gasteiger partial charge in [0.1, 0.15) is 5.60 Å². The Hall–Kier alpha value is -0.600. The van der Waals surface area contributed by atoms with Crippen molar-refractivity contribution in [1.82, 2.24) is 10.6 Å². The molecular weight excluding hydrogens is 373 g/mol. The average molecular weight is 395 g/mol. The summed E-state index contributed by atoms with van der Waals surface area (Å²) in [7, 11) is 0. The van der Waals surface area contributed by atoms with E-state index < -0.39 is 5.60 Å². The second kappa shape index (κ2) is 9.33. The number of hydrogen-bond acceptors (Lipinski definition) is 3. The predicted octanol–water partition coefficient (Wildman–Crippen LogP) is 2.31. The molecule has 108 valence electrons. The fraction of sp³-hybridized carbons (Fsp3) is 0.462. The molecule has 0 aliphatic carbocycles. The molecule has 1 unspecified atom stereocenters. The third-order valence-electron chi connectivity index (χ3n) is 2.45. The van der Waals surface area contributed by atoms with Gasteiger partial charge in [0, 0.05) is 13.1 Å². The van der Waals surface area contributed by atoms with Gasteiger partial charge in [-0.2, -0.15) is 11.3 Å². The molecule has 0 spiro atoms. The molecule has 1 aromatic heterocycles. The van der Waals surface area contributed by atoms with Crippen LogP contribution in [0.2, 0.25) is 0 Å². The van der Waals surface area contributed by atoms with Gasteiger partial charge in [-0.15, -0.1) is 30.6 Å². The Morgan fingerprint density at radius 3 is 2.84 bits per heavy atom. The highest BCUT2D eigenvalue weighted by atomic mass is 127. The Balaban J connectivity index is 0.00000324. The van der Waals surface area contributed by atoms with Crippen LogP contribution in [0.15, 0.2) is 34.5 Å². The summed E-state index contributed by atoms with van der Waals surface area (Å²) in [4.78, 5) is 4.38. The first-order chi connectivity index (χ1) is 8.60. The number of hydrogen-bond donors (Lipinski definition) is 3. The topological polar surface area (TPSA) is 56.7 Å². The lowest BCUT2D eigenvalue weighted by atomic mass is 10.00. The van der Waals surface area contributed by atoms with Crippen molar-refractivity contribution in [3.8, 4) is 0 Å². The lowest BCUT2D eigenvalue weighted by Gasteiger charge is -2.21. The molecule has 0 fully saturated rings. The van der Waals surface area contributed by atoms with Crippen LogP contribution in [0.5, 0.6) is 0 Å². The van der Waals surface area contributed by atoms with Gasteiger partial charge in [-0.1, -0.05) is 6.08 Å². The van der Waals surface area contributed by atoms with E-state index in [1.807, 2.05) is 23.8 Å². The van der Waals surface area contributed by atoms with Crippen LogP contribution >= 0.6 is 35.3 Å². The maximum Gasteiger partial charge on any atom is 0.191 e. The minimum Gasteiger partial charge on any atom is -0.383 e. The van der Waals surface area contributed by atoms with Crippen molar-refractivity contribution < 1.29 is 5.11 Å². The molecule has 4 nitrogen and oxygen atoms in total. The Labute approximate surface area is 136 Å². The van der Waals surface area contributed by atoms with Crippen LogP contribution in [0.1, 0.15) is 19.4 Å². The normalized spacial score (nSPS) is 14.2. The second-order valence-corrected chi connectivity index (χ2v) is 4.93. The first kappa shape index (κ1) is 18.4. The number of halogens is 1. The SMILES string of the molecule is C=CCNC(=NCC(C)(O)c1ccsc1)NCC.I. The maximum absolute atomic E-state index is 10.3. The third kappa shape index (κ3) is 6.40. The molecule has 0 saturated carbocycles. The summed E-state index contributed by atoms with van der Waals surface area (Å²) in [5, 5.41) is 20.5. The van der Waals surface area contributed by atoms with Crippen LogP contribution in [0.4, 0.5) is 0 Å². The Bertz CT molecular complexity index is 391. The first-order valence-corrected chi connectivity index (χ1v) is 6.92. The zero-order valence-corrected chi connectivity index (χ0v) is 14.5. The zero-order chi connectivity index (χ0) is 13.4. The smallest absolute Gasteiger partial charge is 0.191 e. The molecule has 0 aromatic carbocycles. The van der Waals surface area contributed by atoms with Crippen molar-refractivity contribution in [2.75, 3.05) is 19.6 Å². The summed E-state index contributed by atoms with van der Waals surface area (Å²) in [6.07, 6.45) is 1.77. The van der Waals surface area contributed by atoms with E-state index in [-0.39, 0.29) is 24.0 Å². The van der Waals surface area contributed by atoms with E-state index in [0.29, 0.717) is 19.0 Å². The van der Waals surface area contributed by atoms with E-state index in [2.05, 4.69) is 22.2 Å². The molecule has 0 aliphatic rings. The standard InChI is InChI=1S/C13H21N3OS.HI/c1-4-7-15-12(14-5-2)16-10-13(3,17)11-6-8-18-9-11;/h4,6,8-9,17H,1,5,7,10H2,2-3H3,(H2,14,15,16);1H. The van der Waals surface area contributed by atoms with E-state index in [1.165, 1.54) is 0 Å². The molecule has 0 saturated heterocycles. The van der Waals surface area contributed by atoms with Gasteiger partial charge in [0.15, 0.2) is 5.96 Å². The van der Waals surface area contributed by atoms with Gasteiger partial charge in [-0.05, 0) is 36.2 Å². The Morgan fingerprint density at radius 2 is 2.32 bits per heavy atom. The molecule has 6 heteroatoms. The van der Waals surface area contributed by atoms with Gasteiger partial charge in [-0.25, -0.2) is 4.99 Å². The highest BCUT2D eigenvalue weighted by molar-refractivity contribution is 14.0. The number of guanidine groups is 1. The number of aliphatic hydroxyl groups is 1. The number of aliphatic imine (C=N–C) groups is 1. The zero-order valence-electron chi connectivity index (χ0n) is 11.3. The Morgan fingerprint density at radius 1 is 1.58 bits per heavy atom. The molecule has 0 bridgehead atoms. The largest absolute Gasteiger partial charge is 0.383 e. The van der Waals surface area contributed by atoms with Gasteiger partial charge in [-0.3, -0.25) is 0 Å². The molecule has 0 radical (unpaired) electrons. The fourth-order valence-electron chi connectivity index (χ4n) is 1.41. The van der Waals surface area contributed by atoms with Crippen molar-refractivity contribution in [3.63, 3.8) is 0 Å². The van der Waals surface area contributed by atoms with Crippen LogP contribution in [0.25, 0.3) is 0 Å². The van der Waals surface area contributed by atoms with E-state index >= 15 is 0 Å². The van der Waals surface area contributed by atoms with Gasteiger partial charge >= 0.3 is 0 Å². The summed E-state index contributed by atoms with van der Waals surface area (Å²) < 4.78 is 0. The van der Waals surface area contributed by atoms with Crippen molar-refractivity contribution in [2.24, 2.45) is 4.99 Å². The minimum absolute atomic E-state index is 0. The van der Waals surface area contributed by atoms with Crippen molar-refractivity contribution in [3.05, 3.63) is 35.0 Å². The van der Waals surface area contributed by atoms with Crippen LogP contribution in [0.3, 0.4) is 0 Å². The van der Waals surface area contributed by atoms with E-state index in [0.717, 1.165) is 12.1 Å². The molecule has 19 heavy (non-hydrogen) atoms. The minimum atomic E-state index is -0.934. The third-order valence-corrected chi connectivity index (χ3v) is 3.13. The van der Waals surface area contributed by atoms with E-state index in [9.17, 15) is 5.11 Å². The maximum atomic E-state index is 10.3. The van der Waals surface area contributed by atoms with Gasteiger partial charge in [0.2, 0.25) is 0 Å². The summed E-state index contributed by atoms with van der Waals surface area (Å²) in [5.41, 5.74) is -0.0351. The molecule has 0 amide bonds. The van der Waals surface area contributed by atoms with Crippen LogP contribution in [-0.2, 0) is 5.60 Å². The van der Waals surface area contributed by atoms with Crippen molar-refractivity contribution in [1.29, 1.82) is 0 Å². The lowest BCUT2D eigenvalue weighted by molar-refractivity contribution is 0.0677. The lowest BCUT2D eigenvalue weighted by Crippen LogP contribution is -2.38. The first-order valence-electron chi connectivity index (χ1n) is 5.98. The Kier molecular flexibility index (Phi) is 9.03. The van der Waals surface area contributed by atoms with Crippen molar-refractivity contribution >= 4 is 41.3 Å². The number of rotatable bonds is 6. The summed E-state index contributed by atoms with van der Waals surface area (Å²) in [5.74, 6) is 0.688. The highest BCUT2D eigenvalue weighted by Gasteiger charge is 2.23. The quantitative estimate of drug-likeness (QED) is 0.300. The number of nitrogens with one attached hydrogen (secondary N) is 2. The van der Waals surface area contributed by atoms with Crippen LogP contribution in [0, 0.1) is 0 Å². The van der Waals surface area contributed by atoms with E-state index in [1.54, 1.807) is 24.3 Å². The predicted molar refractivity (Wildman–Crippen MR) is 93.5 cm³/mol. The van der Waals surface area contributed by atoms with Gasteiger partial charge in [0.05, 0.1) is 6.54 Å². The van der Waals surface area contributed by atoms with Crippen LogP contribution in [-0.4, -0.2) is 30.7 Å². The average Bonchev–Trinajstić information content (AvgIpc) is 2.87. The molecule has 1 rings (SSSR count). The molecule has 3 N–H and O–H groups in total. The number of thiophene rings is 1. The van der Waals surface area contributed by atoms with Crippen LogP contribution < -0.4 is 10.6 Å². The molecule has 1 aromatic rings. The molecule has 0 aliphatic heterocycles. The summed E-state index contributed by atoms with van der Waals surface area (Å²) in [6, 6.07) is 1.92. The monoisotopic (exact) mass is 395 g/mol. The van der Waals surface area contributed by atoms with Gasteiger partial charge < -0.3 is 15.7 Å². The summed E-state index contributed by atoms with van der Waals surface area (Å²) >= 11 is 1.57. The van der Waals surface area contributed by atoms with Crippen molar-refractivity contribution in [2.45, 2.75) is 19.4 Å². The van der Waals surface area contributed by atoms with Gasteiger partial charge in [0.25, 0.3) is 0 Å². The molecule has 1 heterocycles. The fourth-order valence-corrected chi connectivity index (χ4v) is 2.19. The summed E-state index contributed by atoms with van der Waals surface area (Å²) in [6.45, 7) is 9.17.